The molecule has 0 aromatic heterocycles. The zero-order chi connectivity index (χ0) is 21.6. The smallest absolute Gasteiger partial charge is 0.334 e. The Kier molecular flexibility index (Phi) is 5.07. The molecule has 0 bridgehead atoms. The zero-order valence-electron chi connectivity index (χ0n) is 16.5. The van der Waals surface area contributed by atoms with Crippen molar-refractivity contribution in [1.82, 2.24) is 0 Å². The van der Waals surface area contributed by atoms with E-state index in [2.05, 4.69) is 6.58 Å². The summed E-state index contributed by atoms with van der Waals surface area (Å²) in [6.07, 6.45) is -1.34. The van der Waals surface area contributed by atoms with Gasteiger partial charge in [-0.2, -0.15) is 0 Å². The number of aliphatic hydroxyl groups is 1. The standard InChI is InChI=1S/C23H22O7/c1-11-7-16(25)20-12(2)23(28)30-22(20)21-14(9-17(26)19(11)21)10-29-18(27)8-13-3-5-15(24)6-4-13/h3-6,16,20,22,24-25H,2,7-10H2,1H3. The molecule has 0 saturated carbocycles. The number of hydrogen-bond donors (Lipinski definition) is 2. The summed E-state index contributed by atoms with van der Waals surface area (Å²) in [7, 11) is 0. The molecule has 2 aliphatic carbocycles. The maximum atomic E-state index is 12.7. The maximum absolute atomic E-state index is 12.7. The molecule has 1 aliphatic heterocycles. The summed E-state index contributed by atoms with van der Waals surface area (Å²) in [5.74, 6) is -1.72. The van der Waals surface area contributed by atoms with Crippen molar-refractivity contribution in [3.05, 3.63) is 64.3 Å². The van der Waals surface area contributed by atoms with Gasteiger partial charge >= 0.3 is 11.9 Å². The summed E-state index contributed by atoms with van der Waals surface area (Å²) in [5, 5.41) is 19.9. The predicted molar refractivity (Wildman–Crippen MR) is 105 cm³/mol. The number of aromatic hydroxyl groups is 1. The van der Waals surface area contributed by atoms with Gasteiger partial charge in [-0.1, -0.05) is 24.3 Å². The van der Waals surface area contributed by atoms with Gasteiger partial charge in [0.2, 0.25) is 0 Å². The van der Waals surface area contributed by atoms with E-state index in [9.17, 15) is 24.6 Å². The summed E-state index contributed by atoms with van der Waals surface area (Å²) >= 11 is 0. The van der Waals surface area contributed by atoms with Crippen LogP contribution in [-0.2, 0) is 30.3 Å². The molecule has 1 saturated heterocycles. The van der Waals surface area contributed by atoms with Crippen LogP contribution in [0.1, 0.15) is 25.3 Å². The quantitative estimate of drug-likeness (QED) is 0.576. The van der Waals surface area contributed by atoms with Crippen molar-refractivity contribution >= 4 is 17.7 Å². The average Bonchev–Trinajstić information content (AvgIpc) is 3.14. The summed E-state index contributed by atoms with van der Waals surface area (Å²) in [6.45, 7) is 5.44. The van der Waals surface area contributed by atoms with Crippen LogP contribution in [0.25, 0.3) is 0 Å². The third-order valence-corrected chi connectivity index (χ3v) is 5.86. The zero-order valence-corrected chi connectivity index (χ0v) is 16.5. The minimum atomic E-state index is -0.884. The Morgan fingerprint density at radius 2 is 1.97 bits per heavy atom. The first-order valence-electron chi connectivity index (χ1n) is 9.73. The van der Waals surface area contributed by atoms with Gasteiger partial charge in [-0.05, 0) is 36.6 Å². The minimum absolute atomic E-state index is 0.0229. The lowest BCUT2D eigenvalue weighted by molar-refractivity contribution is -0.142. The Hall–Kier alpha value is -3.19. The molecule has 1 aromatic rings. The lowest BCUT2D eigenvalue weighted by Crippen LogP contribution is -2.29. The van der Waals surface area contributed by atoms with Gasteiger partial charge in [-0.25, -0.2) is 4.79 Å². The van der Waals surface area contributed by atoms with Gasteiger partial charge in [-0.15, -0.1) is 0 Å². The van der Waals surface area contributed by atoms with Crippen LogP contribution in [0, 0.1) is 5.92 Å². The van der Waals surface area contributed by atoms with Crippen LogP contribution >= 0.6 is 0 Å². The van der Waals surface area contributed by atoms with E-state index >= 15 is 0 Å². The van der Waals surface area contributed by atoms with E-state index < -0.39 is 30.1 Å². The normalized spacial score (nSPS) is 25.8. The Bertz CT molecular complexity index is 1010. The van der Waals surface area contributed by atoms with Crippen molar-refractivity contribution in [3.8, 4) is 5.75 Å². The van der Waals surface area contributed by atoms with Gasteiger partial charge < -0.3 is 19.7 Å². The van der Waals surface area contributed by atoms with Crippen LogP contribution in [0.2, 0.25) is 0 Å². The largest absolute Gasteiger partial charge is 0.508 e. The third-order valence-electron chi connectivity index (χ3n) is 5.86. The van der Waals surface area contributed by atoms with E-state index in [1.54, 1.807) is 19.1 Å². The van der Waals surface area contributed by atoms with Crippen LogP contribution < -0.4 is 0 Å². The highest BCUT2D eigenvalue weighted by Crippen LogP contribution is 2.46. The monoisotopic (exact) mass is 410 g/mol. The number of benzene rings is 1. The van der Waals surface area contributed by atoms with Crippen molar-refractivity contribution in [3.63, 3.8) is 0 Å². The van der Waals surface area contributed by atoms with E-state index in [0.29, 0.717) is 22.3 Å². The van der Waals surface area contributed by atoms with Gasteiger partial charge in [0.1, 0.15) is 18.5 Å². The number of ketones is 1. The number of hydrogen-bond acceptors (Lipinski definition) is 7. The summed E-state index contributed by atoms with van der Waals surface area (Å²) in [4.78, 5) is 37.1. The second kappa shape index (κ2) is 7.57. The number of phenols is 1. The highest BCUT2D eigenvalue weighted by Gasteiger charge is 2.50. The van der Waals surface area contributed by atoms with Crippen LogP contribution in [0.4, 0.5) is 0 Å². The molecule has 4 rings (SSSR count). The van der Waals surface area contributed by atoms with E-state index in [-0.39, 0.29) is 43.0 Å². The molecule has 0 spiro atoms. The first-order valence-corrected chi connectivity index (χ1v) is 9.73. The second-order valence-corrected chi connectivity index (χ2v) is 7.92. The fraction of sp³-hybridized carbons (Fsp3) is 0.348. The Morgan fingerprint density at radius 3 is 2.67 bits per heavy atom. The van der Waals surface area contributed by atoms with E-state index in [4.69, 9.17) is 9.47 Å². The fourth-order valence-corrected chi connectivity index (χ4v) is 4.44. The van der Waals surface area contributed by atoms with Crippen LogP contribution in [0.15, 0.2) is 58.7 Å². The number of fused-ring (bicyclic) bond motifs is 3. The van der Waals surface area contributed by atoms with Crippen molar-refractivity contribution in [2.45, 2.75) is 38.4 Å². The Morgan fingerprint density at radius 1 is 1.27 bits per heavy atom. The molecule has 1 aromatic carbocycles. The molecule has 3 atom stereocenters. The van der Waals surface area contributed by atoms with E-state index in [1.807, 2.05) is 0 Å². The first kappa shape index (κ1) is 20.1. The van der Waals surface area contributed by atoms with Crippen molar-refractivity contribution in [2.75, 3.05) is 6.61 Å². The predicted octanol–water partition coefficient (Wildman–Crippen LogP) is 1.93. The highest BCUT2D eigenvalue weighted by atomic mass is 16.6. The molecule has 3 aliphatic rings. The van der Waals surface area contributed by atoms with Gasteiger partial charge in [0, 0.05) is 23.1 Å². The molecule has 7 nitrogen and oxygen atoms in total. The average molecular weight is 410 g/mol. The van der Waals surface area contributed by atoms with Gasteiger partial charge in [0.25, 0.3) is 0 Å². The number of rotatable bonds is 4. The molecule has 156 valence electrons. The van der Waals surface area contributed by atoms with Crippen LogP contribution in [0.3, 0.4) is 0 Å². The SMILES string of the molecule is C=C1C(=O)OC2C3=C(COC(=O)Cc4ccc(O)cc4)CC(=O)C3=C(C)CC(O)C12. The number of ether oxygens (including phenoxy) is 2. The van der Waals surface area contributed by atoms with E-state index in [0.717, 1.165) is 5.57 Å². The van der Waals surface area contributed by atoms with Gasteiger partial charge in [0.15, 0.2) is 5.78 Å². The summed E-state index contributed by atoms with van der Waals surface area (Å²) < 4.78 is 10.9. The van der Waals surface area contributed by atoms with Crippen LogP contribution in [0.5, 0.6) is 5.75 Å². The summed E-state index contributed by atoms with van der Waals surface area (Å²) in [6, 6.07) is 6.23. The Labute approximate surface area is 173 Å². The van der Waals surface area contributed by atoms with Crippen molar-refractivity contribution in [1.29, 1.82) is 0 Å². The van der Waals surface area contributed by atoms with Gasteiger partial charge in [-0.3, -0.25) is 9.59 Å². The van der Waals surface area contributed by atoms with Crippen molar-refractivity contribution < 1.29 is 34.1 Å². The highest BCUT2D eigenvalue weighted by molar-refractivity contribution is 6.06. The number of carbonyl (C=O) groups excluding carboxylic acids is 3. The Balaban J connectivity index is 1.58. The molecular weight excluding hydrogens is 388 g/mol. The molecule has 1 heterocycles. The van der Waals surface area contributed by atoms with Gasteiger partial charge in [0.05, 0.1) is 18.4 Å². The number of phenolic OH excluding ortho intramolecular Hbond substituents is 1. The first-order chi connectivity index (χ1) is 14.3. The number of aliphatic hydroxyl groups excluding tert-OH is 1. The van der Waals surface area contributed by atoms with Crippen LogP contribution in [-0.4, -0.2) is 46.7 Å². The molecule has 0 radical (unpaired) electrons. The lowest BCUT2D eigenvalue weighted by atomic mass is 9.86. The molecule has 7 heteroatoms. The minimum Gasteiger partial charge on any atom is -0.508 e. The fourth-order valence-electron chi connectivity index (χ4n) is 4.44. The molecular formula is C23H22O7. The third kappa shape index (κ3) is 3.45. The van der Waals surface area contributed by atoms with E-state index in [1.165, 1.54) is 12.1 Å². The van der Waals surface area contributed by atoms with Crippen molar-refractivity contribution in [2.24, 2.45) is 5.92 Å². The molecule has 0 amide bonds. The molecule has 30 heavy (non-hydrogen) atoms. The maximum Gasteiger partial charge on any atom is 0.334 e. The topological polar surface area (TPSA) is 110 Å². The second-order valence-electron chi connectivity index (χ2n) is 7.92. The number of esters is 2. The number of carbonyl (C=O) groups is 3. The molecule has 1 fully saturated rings. The summed E-state index contributed by atoms with van der Waals surface area (Å²) in [5.41, 5.74) is 3.20. The lowest BCUT2D eigenvalue weighted by Gasteiger charge is -2.22. The molecule has 3 unspecified atom stereocenters. The number of Topliss-reactive ketones (excluding diaryl/α,β-unsaturated/α-hetero) is 1. The molecule has 2 N–H and O–H groups in total.